The summed E-state index contributed by atoms with van der Waals surface area (Å²) in [7, 11) is 0. The number of halogens is 1. The second-order valence-corrected chi connectivity index (χ2v) is 4.97. The van der Waals surface area contributed by atoms with Gasteiger partial charge in [-0.2, -0.15) is 0 Å². The van der Waals surface area contributed by atoms with Gasteiger partial charge in [0.15, 0.2) is 5.78 Å². The van der Waals surface area contributed by atoms with Gasteiger partial charge >= 0.3 is 5.97 Å². The third kappa shape index (κ3) is 3.82. The Bertz CT molecular complexity index is 666. The zero-order valence-corrected chi connectivity index (χ0v) is 13.2. The van der Waals surface area contributed by atoms with E-state index in [0.717, 1.165) is 10.8 Å². The molecule has 0 radical (unpaired) electrons. The Balaban J connectivity index is 2.29. The van der Waals surface area contributed by atoms with E-state index in [2.05, 4.69) is 15.9 Å². The topological polar surface area (TPSA) is 52.6 Å². The lowest BCUT2D eigenvalue weighted by Gasteiger charge is -2.13. The number of hydrogen-bond donors (Lipinski definition) is 0. The second-order valence-electron chi connectivity index (χ2n) is 4.41. The molecule has 0 aromatic heterocycles. The van der Waals surface area contributed by atoms with E-state index in [4.69, 9.17) is 9.47 Å². The second kappa shape index (κ2) is 7.22. The molecule has 21 heavy (non-hydrogen) atoms. The van der Waals surface area contributed by atoms with E-state index in [1.54, 1.807) is 6.07 Å². The number of alkyl halides is 1. The summed E-state index contributed by atoms with van der Waals surface area (Å²) in [6.07, 6.45) is 0. The summed E-state index contributed by atoms with van der Waals surface area (Å²) < 4.78 is 10.4. The highest BCUT2D eigenvalue weighted by Gasteiger charge is 2.15. The van der Waals surface area contributed by atoms with Crippen molar-refractivity contribution in [1.29, 1.82) is 0 Å². The summed E-state index contributed by atoms with van der Waals surface area (Å²) in [5.41, 5.74) is 0.549. The third-order valence-corrected chi connectivity index (χ3v) is 3.45. The van der Waals surface area contributed by atoms with Crippen molar-refractivity contribution in [3.63, 3.8) is 0 Å². The minimum absolute atomic E-state index is 0.0470. The molecule has 0 aliphatic heterocycles. The molecule has 2 aromatic carbocycles. The Morgan fingerprint density at radius 3 is 2.57 bits per heavy atom. The third-order valence-electron chi connectivity index (χ3n) is 2.94. The van der Waals surface area contributed by atoms with Crippen LogP contribution >= 0.6 is 15.9 Å². The molecule has 0 saturated heterocycles. The van der Waals surface area contributed by atoms with Crippen molar-refractivity contribution in [1.82, 2.24) is 0 Å². The molecule has 4 nitrogen and oxygen atoms in total. The SMILES string of the molecule is CC(=O)OCCOc1ccc2ccccc2c1C(=O)CBr. The summed E-state index contributed by atoms with van der Waals surface area (Å²) >= 11 is 3.20. The molecule has 110 valence electrons. The number of carbonyl (C=O) groups is 2. The molecule has 2 rings (SSSR count). The van der Waals surface area contributed by atoms with E-state index >= 15 is 0 Å². The van der Waals surface area contributed by atoms with E-state index in [9.17, 15) is 9.59 Å². The Kier molecular flexibility index (Phi) is 5.33. The largest absolute Gasteiger partial charge is 0.489 e. The van der Waals surface area contributed by atoms with E-state index in [0.29, 0.717) is 11.3 Å². The average molecular weight is 351 g/mol. The lowest BCUT2D eigenvalue weighted by atomic mass is 10.0. The number of carbonyl (C=O) groups excluding carboxylic acids is 2. The molecule has 0 spiro atoms. The Morgan fingerprint density at radius 1 is 1.10 bits per heavy atom. The number of hydrogen-bond acceptors (Lipinski definition) is 4. The molecule has 0 heterocycles. The normalized spacial score (nSPS) is 10.4. The van der Waals surface area contributed by atoms with Crippen LogP contribution in [0, 0.1) is 0 Å². The predicted octanol–water partition coefficient (Wildman–Crippen LogP) is 3.36. The molecule has 5 heteroatoms. The molecule has 0 N–H and O–H groups in total. The van der Waals surface area contributed by atoms with Gasteiger partial charge < -0.3 is 9.47 Å². The van der Waals surface area contributed by atoms with Gasteiger partial charge in [-0.05, 0) is 16.8 Å². The van der Waals surface area contributed by atoms with E-state index in [-0.39, 0.29) is 30.3 Å². The fourth-order valence-electron chi connectivity index (χ4n) is 2.06. The Hall–Kier alpha value is -1.88. The van der Waals surface area contributed by atoms with Gasteiger partial charge in [0.25, 0.3) is 0 Å². The number of fused-ring (bicyclic) bond motifs is 1. The monoisotopic (exact) mass is 350 g/mol. The molecule has 0 amide bonds. The molecule has 0 unspecified atom stereocenters. The smallest absolute Gasteiger partial charge is 0.302 e. The van der Waals surface area contributed by atoms with E-state index in [1.165, 1.54) is 6.92 Å². The number of benzene rings is 2. The first-order valence-corrected chi connectivity index (χ1v) is 7.62. The van der Waals surface area contributed by atoms with Crippen LogP contribution in [0.25, 0.3) is 10.8 Å². The maximum atomic E-state index is 12.2. The van der Waals surface area contributed by atoms with Crippen LogP contribution in [0.5, 0.6) is 5.75 Å². The molecule has 0 aliphatic carbocycles. The standard InChI is InChI=1S/C16H15BrO4/c1-11(18)20-8-9-21-15-7-6-12-4-2-3-5-13(12)16(15)14(19)10-17/h2-7H,8-10H2,1H3. The average Bonchev–Trinajstić information content (AvgIpc) is 2.50. The van der Waals surface area contributed by atoms with Gasteiger partial charge in [-0.15, -0.1) is 0 Å². The predicted molar refractivity (Wildman–Crippen MR) is 84.2 cm³/mol. The first kappa shape index (κ1) is 15.5. The minimum atomic E-state index is -0.353. The van der Waals surface area contributed by atoms with E-state index in [1.807, 2.05) is 30.3 Å². The summed E-state index contributed by atoms with van der Waals surface area (Å²) in [6.45, 7) is 1.71. The van der Waals surface area contributed by atoms with Crippen molar-refractivity contribution < 1.29 is 19.1 Å². The quantitative estimate of drug-likeness (QED) is 0.347. The first-order valence-electron chi connectivity index (χ1n) is 6.50. The van der Waals surface area contributed by atoms with Crippen LogP contribution in [0.15, 0.2) is 36.4 Å². The summed E-state index contributed by atoms with van der Waals surface area (Å²) in [6, 6.07) is 11.3. The number of ketones is 1. The van der Waals surface area contributed by atoms with E-state index < -0.39 is 0 Å². The molecule has 2 aromatic rings. The summed E-state index contributed by atoms with van der Waals surface area (Å²) in [5.74, 6) is 0.105. The number of rotatable bonds is 6. The van der Waals surface area contributed by atoms with Crippen LogP contribution in [0.4, 0.5) is 0 Å². The number of Topliss-reactive ketones (excluding diaryl/α,β-unsaturated/α-hetero) is 1. The molecule has 0 aliphatic rings. The highest BCUT2D eigenvalue weighted by molar-refractivity contribution is 9.09. The lowest BCUT2D eigenvalue weighted by Crippen LogP contribution is -2.12. The Labute approximate surface area is 131 Å². The van der Waals surface area contributed by atoms with Gasteiger partial charge in [-0.25, -0.2) is 0 Å². The zero-order valence-electron chi connectivity index (χ0n) is 11.6. The highest BCUT2D eigenvalue weighted by Crippen LogP contribution is 2.29. The molecule has 0 bridgehead atoms. The van der Waals surface area contributed by atoms with Gasteiger partial charge in [0.2, 0.25) is 0 Å². The first-order chi connectivity index (χ1) is 10.1. The van der Waals surface area contributed by atoms with Crippen LogP contribution in [-0.2, 0) is 9.53 Å². The highest BCUT2D eigenvalue weighted by atomic mass is 79.9. The number of esters is 1. The van der Waals surface area contributed by atoms with Crippen LogP contribution < -0.4 is 4.74 Å². The van der Waals surface area contributed by atoms with Crippen LogP contribution in [0.3, 0.4) is 0 Å². The molecule has 0 saturated carbocycles. The van der Waals surface area contributed by atoms with Crippen LogP contribution in [0.2, 0.25) is 0 Å². The molecular weight excluding hydrogens is 336 g/mol. The lowest BCUT2D eigenvalue weighted by molar-refractivity contribution is -0.141. The van der Waals surface area contributed by atoms with Crippen LogP contribution in [0.1, 0.15) is 17.3 Å². The maximum absolute atomic E-state index is 12.2. The van der Waals surface area contributed by atoms with Crippen molar-refractivity contribution in [2.45, 2.75) is 6.92 Å². The minimum Gasteiger partial charge on any atom is -0.489 e. The van der Waals surface area contributed by atoms with Crippen molar-refractivity contribution >= 4 is 38.5 Å². The summed E-state index contributed by atoms with van der Waals surface area (Å²) in [4.78, 5) is 22.9. The maximum Gasteiger partial charge on any atom is 0.302 e. The summed E-state index contributed by atoms with van der Waals surface area (Å²) in [5, 5.41) is 2.06. The number of ether oxygens (including phenoxy) is 2. The molecule has 0 fully saturated rings. The Morgan fingerprint density at radius 2 is 1.86 bits per heavy atom. The molecule has 0 atom stereocenters. The van der Waals surface area contributed by atoms with Crippen molar-refractivity contribution in [3.05, 3.63) is 42.0 Å². The van der Waals surface area contributed by atoms with Gasteiger partial charge in [0, 0.05) is 6.92 Å². The fraction of sp³-hybridized carbons (Fsp3) is 0.250. The van der Waals surface area contributed by atoms with Crippen LogP contribution in [-0.4, -0.2) is 30.3 Å². The van der Waals surface area contributed by atoms with Crippen molar-refractivity contribution in [2.75, 3.05) is 18.5 Å². The van der Waals surface area contributed by atoms with Gasteiger partial charge in [0.05, 0.1) is 10.9 Å². The fourth-order valence-corrected chi connectivity index (χ4v) is 2.34. The van der Waals surface area contributed by atoms with Gasteiger partial charge in [-0.3, -0.25) is 9.59 Å². The zero-order chi connectivity index (χ0) is 15.2. The van der Waals surface area contributed by atoms with Gasteiger partial charge in [-0.1, -0.05) is 46.3 Å². The van der Waals surface area contributed by atoms with Crippen molar-refractivity contribution in [3.8, 4) is 5.75 Å². The molecular formula is C16H15BrO4. The van der Waals surface area contributed by atoms with Gasteiger partial charge in [0.1, 0.15) is 19.0 Å². The van der Waals surface area contributed by atoms with Crippen molar-refractivity contribution in [2.24, 2.45) is 0 Å².